The Morgan fingerprint density at radius 3 is 2.20 bits per heavy atom. The number of rotatable bonds is 13. The molecule has 0 spiro atoms. The van der Waals surface area contributed by atoms with Crippen LogP contribution in [0.4, 0.5) is 0 Å². The number of halogens is 1. The number of hydrogen-bond acceptors (Lipinski definition) is 6. The van der Waals surface area contributed by atoms with Gasteiger partial charge in [0.2, 0.25) is 15.9 Å². The summed E-state index contributed by atoms with van der Waals surface area (Å²) in [5, 5.41) is 3.74. The molecule has 0 radical (unpaired) electrons. The van der Waals surface area contributed by atoms with Gasteiger partial charge in [-0.05, 0) is 106 Å². The van der Waals surface area contributed by atoms with Gasteiger partial charge in [-0.25, -0.2) is 8.42 Å². The Morgan fingerprint density at radius 2 is 1.65 bits per heavy atom. The van der Waals surface area contributed by atoms with Crippen LogP contribution in [-0.4, -0.2) is 78.1 Å². The van der Waals surface area contributed by atoms with Crippen LogP contribution < -0.4 is 10.1 Å². The van der Waals surface area contributed by atoms with E-state index in [9.17, 15) is 13.2 Å². The maximum Gasteiger partial charge on any atom is 0.246 e. The van der Waals surface area contributed by atoms with Crippen LogP contribution in [0, 0.1) is 25.7 Å². The van der Waals surface area contributed by atoms with E-state index in [1.165, 1.54) is 16.9 Å². The number of methoxy groups -OCH3 is 1. The van der Waals surface area contributed by atoms with Gasteiger partial charge in [-0.2, -0.15) is 4.31 Å². The first-order chi connectivity index (χ1) is 18.9. The minimum atomic E-state index is -3.70. The molecule has 1 unspecified atom stereocenters. The van der Waals surface area contributed by atoms with Gasteiger partial charge in [0.1, 0.15) is 12.4 Å². The molecule has 1 atom stereocenters. The molecule has 8 nitrogen and oxygen atoms in total. The van der Waals surface area contributed by atoms with Crippen LogP contribution >= 0.6 is 11.6 Å². The molecular formula is C30H44ClN3O5S. The standard InChI is InChI=1S/C30H44ClN3O5S/c1-21-17-27(38-6)18-22(2)30(21)40(36,37)34(5)15-16-39-20-28(35)32-19-23-7-9-24(10-8-23)29(33(3)4)25-11-13-26(31)14-12-25/h11-14,17-18,23-24,29H,7-10,15-16,19-20H2,1-6H3,(H,32,35). The average Bonchev–Trinajstić information content (AvgIpc) is 2.90. The number of carbonyl (C=O) groups excluding carboxylic acids is 1. The van der Waals surface area contributed by atoms with Gasteiger partial charge in [0.05, 0.1) is 18.6 Å². The van der Waals surface area contributed by atoms with Crippen molar-refractivity contribution in [3.8, 4) is 5.75 Å². The van der Waals surface area contributed by atoms with Gasteiger partial charge in [0, 0.05) is 31.2 Å². The van der Waals surface area contributed by atoms with Crippen LogP contribution in [0.25, 0.3) is 0 Å². The molecule has 1 N–H and O–H groups in total. The van der Waals surface area contributed by atoms with Crippen molar-refractivity contribution >= 4 is 27.5 Å². The minimum absolute atomic E-state index is 0.0942. The molecule has 10 heteroatoms. The van der Waals surface area contributed by atoms with Gasteiger partial charge < -0.3 is 19.7 Å². The van der Waals surface area contributed by atoms with Crippen molar-refractivity contribution in [1.82, 2.24) is 14.5 Å². The second-order valence-corrected chi connectivity index (χ2v) is 13.4. The van der Waals surface area contributed by atoms with Gasteiger partial charge in [0.25, 0.3) is 0 Å². The van der Waals surface area contributed by atoms with E-state index in [-0.39, 0.29) is 30.6 Å². The van der Waals surface area contributed by atoms with Crippen LogP contribution in [0.1, 0.15) is 48.4 Å². The Hall–Kier alpha value is -2.17. The summed E-state index contributed by atoms with van der Waals surface area (Å²) < 4.78 is 38.2. The lowest BCUT2D eigenvalue weighted by atomic mass is 9.76. The summed E-state index contributed by atoms with van der Waals surface area (Å²) >= 11 is 6.09. The van der Waals surface area contributed by atoms with E-state index >= 15 is 0 Å². The van der Waals surface area contributed by atoms with E-state index in [0.717, 1.165) is 30.7 Å². The van der Waals surface area contributed by atoms with Crippen molar-refractivity contribution < 1.29 is 22.7 Å². The Bertz CT molecular complexity index is 1210. The highest BCUT2D eigenvalue weighted by molar-refractivity contribution is 7.89. The molecule has 1 aliphatic carbocycles. The van der Waals surface area contributed by atoms with Gasteiger partial charge in [-0.15, -0.1) is 0 Å². The molecular weight excluding hydrogens is 550 g/mol. The summed E-state index contributed by atoms with van der Waals surface area (Å²) in [4.78, 5) is 14.9. The van der Waals surface area contributed by atoms with Crippen molar-refractivity contribution in [1.29, 1.82) is 0 Å². The summed E-state index contributed by atoms with van der Waals surface area (Å²) in [6, 6.07) is 11.9. The molecule has 0 heterocycles. The first-order valence-electron chi connectivity index (χ1n) is 13.8. The topological polar surface area (TPSA) is 88.2 Å². The molecule has 3 rings (SSSR count). The summed E-state index contributed by atoms with van der Waals surface area (Å²) in [6.07, 6.45) is 4.35. The van der Waals surface area contributed by atoms with Crippen molar-refractivity contribution in [2.75, 3.05) is 54.6 Å². The Morgan fingerprint density at radius 1 is 1.05 bits per heavy atom. The molecule has 0 aliphatic heterocycles. The fourth-order valence-electron chi connectivity index (χ4n) is 5.74. The highest BCUT2D eigenvalue weighted by Crippen LogP contribution is 2.39. The number of likely N-dealkylation sites (N-methyl/N-ethyl adjacent to an activating group) is 1. The summed E-state index contributed by atoms with van der Waals surface area (Å²) in [7, 11) is 3.62. The second-order valence-electron chi connectivity index (χ2n) is 11.0. The molecule has 1 saturated carbocycles. The number of nitrogens with zero attached hydrogens (tertiary/aromatic N) is 2. The molecule has 1 fully saturated rings. The smallest absolute Gasteiger partial charge is 0.246 e. The molecule has 1 amide bonds. The third-order valence-electron chi connectivity index (χ3n) is 7.82. The van der Waals surface area contributed by atoms with Crippen LogP contribution in [0.3, 0.4) is 0 Å². The largest absolute Gasteiger partial charge is 0.497 e. The third kappa shape index (κ3) is 8.42. The van der Waals surface area contributed by atoms with Crippen molar-refractivity contribution in [2.24, 2.45) is 11.8 Å². The molecule has 40 heavy (non-hydrogen) atoms. The zero-order valence-corrected chi connectivity index (χ0v) is 26.1. The maximum atomic E-state index is 13.1. The van der Waals surface area contributed by atoms with Crippen molar-refractivity contribution in [2.45, 2.75) is 50.5 Å². The Labute approximate surface area is 245 Å². The number of aryl methyl sites for hydroxylation is 2. The summed E-state index contributed by atoms with van der Waals surface area (Å²) in [6.45, 7) is 4.31. The van der Waals surface area contributed by atoms with E-state index in [4.69, 9.17) is 21.1 Å². The lowest BCUT2D eigenvalue weighted by Gasteiger charge is -2.37. The second kappa shape index (κ2) is 14.6. The quantitative estimate of drug-likeness (QED) is 0.335. The molecule has 222 valence electrons. The van der Waals surface area contributed by atoms with E-state index in [0.29, 0.717) is 41.3 Å². The molecule has 1 aliphatic rings. The average molecular weight is 594 g/mol. The number of carbonyl (C=O) groups is 1. The van der Waals surface area contributed by atoms with Crippen LogP contribution in [0.5, 0.6) is 5.75 Å². The zero-order valence-electron chi connectivity index (χ0n) is 24.6. The van der Waals surface area contributed by atoms with Crippen LogP contribution in [0.2, 0.25) is 5.02 Å². The Kier molecular flexibility index (Phi) is 11.8. The Balaban J connectivity index is 1.39. The molecule has 0 aromatic heterocycles. The summed E-state index contributed by atoms with van der Waals surface area (Å²) in [5.74, 6) is 1.45. The number of sulfonamides is 1. The number of ether oxygens (including phenoxy) is 2. The minimum Gasteiger partial charge on any atom is -0.497 e. The molecule has 0 saturated heterocycles. The number of hydrogen-bond donors (Lipinski definition) is 1. The van der Waals surface area contributed by atoms with Gasteiger partial charge in [-0.3, -0.25) is 4.79 Å². The fraction of sp³-hybridized carbons (Fsp3) is 0.567. The maximum absolute atomic E-state index is 13.1. The van der Waals surface area contributed by atoms with Crippen LogP contribution in [0.15, 0.2) is 41.3 Å². The number of benzene rings is 2. The van der Waals surface area contributed by atoms with Crippen molar-refractivity contribution in [3.05, 3.63) is 58.1 Å². The SMILES string of the molecule is COc1cc(C)c(S(=O)(=O)N(C)CCOCC(=O)NCC2CCC(C(c3ccc(Cl)cc3)N(C)C)CC2)c(C)c1. The third-order valence-corrected chi connectivity index (χ3v) is 10.2. The summed E-state index contributed by atoms with van der Waals surface area (Å²) in [5.41, 5.74) is 2.54. The predicted molar refractivity (Wildman–Crippen MR) is 159 cm³/mol. The highest BCUT2D eigenvalue weighted by Gasteiger charge is 2.30. The lowest BCUT2D eigenvalue weighted by Crippen LogP contribution is -2.36. The van der Waals surface area contributed by atoms with Gasteiger partial charge in [0.15, 0.2) is 0 Å². The first kappa shape index (κ1) is 32.3. The molecule has 0 bridgehead atoms. The molecule has 2 aromatic carbocycles. The zero-order chi connectivity index (χ0) is 29.4. The highest BCUT2D eigenvalue weighted by atomic mass is 35.5. The van der Waals surface area contributed by atoms with Crippen molar-refractivity contribution in [3.63, 3.8) is 0 Å². The van der Waals surface area contributed by atoms with E-state index in [2.05, 4.69) is 36.4 Å². The lowest BCUT2D eigenvalue weighted by molar-refractivity contribution is -0.126. The van der Waals surface area contributed by atoms with E-state index in [1.807, 2.05) is 12.1 Å². The molecule has 2 aromatic rings. The van der Waals surface area contributed by atoms with Gasteiger partial charge >= 0.3 is 0 Å². The number of amides is 1. The van der Waals surface area contributed by atoms with Crippen LogP contribution in [-0.2, 0) is 19.6 Å². The van der Waals surface area contributed by atoms with E-state index in [1.54, 1.807) is 33.1 Å². The number of nitrogens with one attached hydrogen (secondary N) is 1. The fourth-order valence-corrected chi connectivity index (χ4v) is 7.42. The van der Waals surface area contributed by atoms with E-state index < -0.39 is 10.0 Å². The first-order valence-corrected chi connectivity index (χ1v) is 15.6. The van der Waals surface area contributed by atoms with Gasteiger partial charge in [-0.1, -0.05) is 23.7 Å². The monoisotopic (exact) mass is 593 g/mol. The normalized spacial score (nSPS) is 18.6. The predicted octanol–water partition coefficient (Wildman–Crippen LogP) is 4.83.